The minimum atomic E-state index is -0.432. The maximum absolute atomic E-state index is 13.5. The number of rotatable bonds is 7. The SMILES string of the molecule is Cc1cc(-c2nn(-c3ccccc3)cc2/C=c2\sc3nc(=O)c(Cc4ccccc4)nn3c2=O)ccc1OC(C)C. The van der Waals surface area contributed by atoms with E-state index in [1.165, 1.54) is 4.52 Å². The van der Waals surface area contributed by atoms with Gasteiger partial charge in [-0.3, -0.25) is 9.59 Å². The first-order chi connectivity index (χ1) is 19.9. The molecule has 0 aliphatic rings. The fraction of sp³-hybridized carbons (Fsp3) is 0.156. The van der Waals surface area contributed by atoms with E-state index in [-0.39, 0.29) is 22.3 Å². The second kappa shape index (κ2) is 10.9. The van der Waals surface area contributed by atoms with Crippen molar-refractivity contribution in [1.82, 2.24) is 24.4 Å². The largest absolute Gasteiger partial charge is 0.491 e. The molecular weight excluding hydrogens is 534 g/mol. The summed E-state index contributed by atoms with van der Waals surface area (Å²) >= 11 is 1.13. The van der Waals surface area contributed by atoms with Gasteiger partial charge in [-0.15, -0.1) is 0 Å². The molecule has 0 spiro atoms. The van der Waals surface area contributed by atoms with Gasteiger partial charge in [-0.05, 0) is 68.3 Å². The highest BCUT2D eigenvalue weighted by Gasteiger charge is 2.16. The molecule has 0 atom stereocenters. The Hall–Kier alpha value is -4.89. The van der Waals surface area contributed by atoms with E-state index in [0.29, 0.717) is 16.6 Å². The molecule has 3 heterocycles. The molecule has 0 saturated carbocycles. The minimum absolute atomic E-state index is 0.0618. The van der Waals surface area contributed by atoms with Gasteiger partial charge in [0.25, 0.3) is 11.1 Å². The first kappa shape index (κ1) is 26.3. The molecule has 6 rings (SSSR count). The number of aryl methyl sites for hydroxylation is 1. The first-order valence-corrected chi connectivity index (χ1v) is 14.1. The van der Waals surface area contributed by atoms with Crippen molar-refractivity contribution in [2.75, 3.05) is 0 Å². The van der Waals surface area contributed by atoms with Gasteiger partial charge in [-0.1, -0.05) is 59.9 Å². The van der Waals surface area contributed by atoms with Crippen molar-refractivity contribution in [3.63, 3.8) is 0 Å². The normalized spacial score (nSPS) is 12.0. The summed E-state index contributed by atoms with van der Waals surface area (Å²) < 4.78 is 9.35. The number of thiazole rings is 1. The Morgan fingerprint density at radius 1 is 0.951 bits per heavy atom. The van der Waals surface area contributed by atoms with Crippen LogP contribution in [0.5, 0.6) is 5.75 Å². The third kappa shape index (κ3) is 5.44. The number of nitrogens with zero attached hydrogens (tertiary/aromatic N) is 5. The Labute approximate surface area is 239 Å². The summed E-state index contributed by atoms with van der Waals surface area (Å²) in [5.74, 6) is 0.816. The second-order valence-corrected chi connectivity index (χ2v) is 11.0. The van der Waals surface area contributed by atoms with Crippen LogP contribution in [-0.2, 0) is 6.42 Å². The highest BCUT2D eigenvalue weighted by atomic mass is 32.1. The van der Waals surface area contributed by atoms with Crippen LogP contribution in [0.4, 0.5) is 0 Å². The van der Waals surface area contributed by atoms with Crippen LogP contribution in [0.25, 0.3) is 28.0 Å². The van der Waals surface area contributed by atoms with Crippen LogP contribution in [0.15, 0.2) is 94.6 Å². The van der Waals surface area contributed by atoms with Gasteiger partial charge in [0.2, 0.25) is 4.96 Å². The predicted octanol–water partition coefficient (Wildman–Crippen LogP) is 4.60. The van der Waals surface area contributed by atoms with Crippen molar-refractivity contribution in [2.45, 2.75) is 33.3 Å². The van der Waals surface area contributed by atoms with Crippen molar-refractivity contribution >= 4 is 22.4 Å². The highest BCUT2D eigenvalue weighted by Crippen LogP contribution is 2.29. The summed E-state index contributed by atoms with van der Waals surface area (Å²) in [6, 6.07) is 25.3. The average Bonchev–Trinajstić information content (AvgIpc) is 3.52. The average molecular weight is 562 g/mol. The maximum Gasteiger partial charge on any atom is 0.296 e. The van der Waals surface area contributed by atoms with Crippen molar-refractivity contribution in [1.29, 1.82) is 0 Å². The van der Waals surface area contributed by atoms with Crippen molar-refractivity contribution in [3.05, 3.63) is 133 Å². The Morgan fingerprint density at radius 2 is 1.68 bits per heavy atom. The monoisotopic (exact) mass is 561 g/mol. The molecule has 0 aliphatic carbocycles. The number of fused-ring (bicyclic) bond motifs is 1. The predicted molar refractivity (Wildman–Crippen MR) is 161 cm³/mol. The van der Waals surface area contributed by atoms with Gasteiger partial charge in [-0.2, -0.15) is 19.7 Å². The fourth-order valence-corrected chi connectivity index (χ4v) is 5.49. The van der Waals surface area contributed by atoms with Gasteiger partial charge in [-0.25, -0.2) is 4.68 Å². The molecule has 0 fully saturated rings. The maximum atomic E-state index is 13.5. The summed E-state index contributed by atoms with van der Waals surface area (Å²) in [6.45, 7) is 5.99. The molecule has 0 amide bonds. The highest BCUT2D eigenvalue weighted by molar-refractivity contribution is 7.15. The summed E-state index contributed by atoms with van der Waals surface area (Å²) in [5.41, 5.74) is 4.62. The smallest absolute Gasteiger partial charge is 0.296 e. The van der Waals surface area contributed by atoms with Crippen LogP contribution in [0.1, 0.15) is 36.2 Å². The third-order valence-electron chi connectivity index (χ3n) is 6.53. The van der Waals surface area contributed by atoms with Gasteiger partial charge in [0, 0.05) is 23.7 Å². The van der Waals surface area contributed by atoms with Gasteiger partial charge in [0.15, 0.2) is 0 Å². The first-order valence-electron chi connectivity index (χ1n) is 13.3. The molecule has 0 N–H and O–H groups in total. The topological polar surface area (TPSA) is 91.4 Å². The molecule has 0 aliphatic heterocycles. The number of hydrogen-bond donors (Lipinski definition) is 0. The zero-order valence-corrected chi connectivity index (χ0v) is 23.6. The summed E-state index contributed by atoms with van der Waals surface area (Å²) in [6.07, 6.45) is 4.05. The molecular formula is C32H27N5O3S. The molecule has 3 aromatic carbocycles. The molecule has 3 aromatic heterocycles. The Bertz CT molecular complexity index is 2030. The van der Waals surface area contributed by atoms with Crippen LogP contribution in [-0.4, -0.2) is 30.5 Å². The number of aromatic nitrogens is 5. The van der Waals surface area contributed by atoms with Crippen LogP contribution in [0.2, 0.25) is 0 Å². The third-order valence-corrected chi connectivity index (χ3v) is 7.48. The van der Waals surface area contributed by atoms with Crippen LogP contribution >= 0.6 is 11.3 Å². The lowest BCUT2D eigenvalue weighted by atomic mass is 10.0. The Morgan fingerprint density at radius 3 is 2.39 bits per heavy atom. The number of para-hydroxylation sites is 1. The van der Waals surface area contributed by atoms with E-state index in [1.54, 1.807) is 10.8 Å². The van der Waals surface area contributed by atoms with Gasteiger partial charge >= 0.3 is 0 Å². The van der Waals surface area contributed by atoms with Gasteiger partial charge < -0.3 is 4.74 Å². The van der Waals surface area contributed by atoms with E-state index in [1.807, 2.05) is 106 Å². The molecule has 0 saturated heterocycles. The van der Waals surface area contributed by atoms with E-state index in [0.717, 1.165) is 45.0 Å². The van der Waals surface area contributed by atoms with E-state index in [9.17, 15) is 9.59 Å². The minimum Gasteiger partial charge on any atom is -0.491 e. The summed E-state index contributed by atoms with van der Waals surface area (Å²) in [5, 5.41) is 9.29. The van der Waals surface area contributed by atoms with Gasteiger partial charge in [0.05, 0.1) is 16.3 Å². The number of benzene rings is 3. The van der Waals surface area contributed by atoms with E-state index in [4.69, 9.17) is 9.84 Å². The van der Waals surface area contributed by atoms with Crippen molar-refractivity contribution in [2.24, 2.45) is 0 Å². The number of hydrogen-bond acceptors (Lipinski definition) is 7. The number of ether oxygens (including phenoxy) is 1. The van der Waals surface area contributed by atoms with E-state index >= 15 is 0 Å². The molecule has 8 nitrogen and oxygen atoms in total. The lowest BCUT2D eigenvalue weighted by molar-refractivity contribution is 0.241. The summed E-state index contributed by atoms with van der Waals surface area (Å²) in [4.78, 5) is 30.6. The van der Waals surface area contributed by atoms with Crippen LogP contribution < -0.4 is 20.4 Å². The molecule has 0 radical (unpaired) electrons. The molecule has 9 heteroatoms. The van der Waals surface area contributed by atoms with Crippen molar-refractivity contribution < 1.29 is 4.74 Å². The zero-order valence-electron chi connectivity index (χ0n) is 22.8. The quantitative estimate of drug-likeness (QED) is 0.283. The fourth-order valence-electron chi connectivity index (χ4n) is 4.60. The molecule has 204 valence electrons. The zero-order chi connectivity index (χ0) is 28.5. The molecule has 41 heavy (non-hydrogen) atoms. The Balaban J connectivity index is 1.48. The van der Waals surface area contributed by atoms with Crippen molar-refractivity contribution in [3.8, 4) is 22.7 Å². The second-order valence-electron chi connectivity index (χ2n) is 10.00. The Kier molecular flexibility index (Phi) is 7.03. The van der Waals surface area contributed by atoms with E-state index < -0.39 is 5.56 Å². The lowest BCUT2D eigenvalue weighted by Gasteiger charge is -2.13. The van der Waals surface area contributed by atoms with Crippen LogP contribution in [0.3, 0.4) is 0 Å². The standard InChI is InChI=1S/C32H27N5O3S/c1-20(2)40-27-15-14-23(16-21(27)3)29-24(19-36(35-29)25-12-8-5-9-13-25)18-28-31(39)37-32(41-28)33-30(38)26(34-37)17-22-10-6-4-7-11-22/h4-16,18-20H,17H2,1-3H3/b28-18-. The lowest BCUT2D eigenvalue weighted by Crippen LogP contribution is -2.28. The van der Waals surface area contributed by atoms with Gasteiger partial charge in [0.1, 0.15) is 17.1 Å². The molecule has 6 aromatic rings. The van der Waals surface area contributed by atoms with Crippen LogP contribution in [0, 0.1) is 6.92 Å². The summed E-state index contributed by atoms with van der Waals surface area (Å²) in [7, 11) is 0. The molecule has 0 unspecified atom stereocenters. The molecule has 0 bridgehead atoms. The van der Waals surface area contributed by atoms with E-state index in [2.05, 4.69) is 10.1 Å².